The van der Waals surface area contributed by atoms with Crippen molar-refractivity contribution in [3.8, 4) is 11.5 Å². The number of halogens is 2. The molecule has 3 nitrogen and oxygen atoms in total. The zero-order valence-corrected chi connectivity index (χ0v) is 9.80. The Hall–Kier alpha value is -1.36. The van der Waals surface area contributed by atoms with E-state index in [-0.39, 0.29) is 5.56 Å². The fraction of sp³-hybridized carbons (Fsp3) is 0.500. The maximum Gasteiger partial charge on any atom is 0.263 e. The first kappa shape index (κ1) is 12.1. The Morgan fingerprint density at radius 2 is 1.88 bits per heavy atom. The van der Waals surface area contributed by atoms with Gasteiger partial charge in [-0.2, -0.15) is 0 Å². The Kier molecular flexibility index (Phi) is 2.95. The molecule has 0 amide bonds. The summed E-state index contributed by atoms with van der Waals surface area (Å²) in [5, 5.41) is 0. The van der Waals surface area contributed by atoms with E-state index in [1.807, 2.05) is 0 Å². The van der Waals surface area contributed by atoms with Gasteiger partial charge in [-0.1, -0.05) is 0 Å². The van der Waals surface area contributed by atoms with Crippen LogP contribution in [0.2, 0.25) is 0 Å². The van der Waals surface area contributed by atoms with Crippen molar-refractivity contribution in [1.82, 2.24) is 0 Å². The van der Waals surface area contributed by atoms with Gasteiger partial charge in [-0.3, -0.25) is 0 Å². The first-order chi connectivity index (χ1) is 7.89. The van der Waals surface area contributed by atoms with Crippen LogP contribution in [-0.4, -0.2) is 13.2 Å². The minimum Gasteiger partial charge on any atom is -0.486 e. The fourth-order valence-electron chi connectivity index (χ4n) is 1.78. The van der Waals surface area contributed by atoms with E-state index < -0.39 is 12.0 Å². The molecular formula is C12H15F2NO2. The third kappa shape index (κ3) is 2.34. The summed E-state index contributed by atoms with van der Waals surface area (Å²) in [4.78, 5) is 0. The molecule has 0 saturated carbocycles. The molecule has 1 aliphatic rings. The molecule has 0 bridgehead atoms. The van der Waals surface area contributed by atoms with Gasteiger partial charge in [0.25, 0.3) is 6.43 Å². The molecule has 0 radical (unpaired) electrons. The Bertz CT molecular complexity index is 427. The summed E-state index contributed by atoms with van der Waals surface area (Å²) in [5.74, 6) is 0.829. The average molecular weight is 243 g/mol. The first-order valence-electron chi connectivity index (χ1n) is 5.40. The highest BCUT2D eigenvalue weighted by atomic mass is 19.3. The Balaban J connectivity index is 2.58. The first-order valence-corrected chi connectivity index (χ1v) is 5.40. The van der Waals surface area contributed by atoms with Crippen LogP contribution in [0, 0.1) is 0 Å². The lowest BCUT2D eigenvalue weighted by molar-refractivity contribution is 0.145. The van der Waals surface area contributed by atoms with Crippen molar-refractivity contribution < 1.29 is 18.3 Å². The normalized spacial score (nSPS) is 15.2. The van der Waals surface area contributed by atoms with Crippen LogP contribution in [0.4, 0.5) is 8.78 Å². The molecule has 0 unspecified atom stereocenters. The second-order valence-electron chi connectivity index (χ2n) is 4.62. The van der Waals surface area contributed by atoms with E-state index in [0.717, 1.165) is 0 Å². The van der Waals surface area contributed by atoms with Gasteiger partial charge < -0.3 is 15.2 Å². The Morgan fingerprint density at radius 1 is 1.24 bits per heavy atom. The van der Waals surface area contributed by atoms with Crippen molar-refractivity contribution in [1.29, 1.82) is 0 Å². The monoisotopic (exact) mass is 243 g/mol. The summed E-state index contributed by atoms with van der Waals surface area (Å²) in [5.41, 5.74) is 5.67. The molecule has 0 spiro atoms. The summed E-state index contributed by atoms with van der Waals surface area (Å²) >= 11 is 0. The van der Waals surface area contributed by atoms with Crippen LogP contribution in [0.1, 0.15) is 31.4 Å². The number of hydrogen-bond donors (Lipinski definition) is 1. The van der Waals surface area contributed by atoms with Crippen molar-refractivity contribution in [3.63, 3.8) is 0 Å². The van der Waals surface area contributed by atoms with E-state index in [2.05, 4.69) is 0 Å². The van der Waals surface area contributed by atoms with Gasteiger partial charge >= 0.3 is 0 Å². The standard InChI is InChI=1S/C12H15F2NO2/c1-12(2,15)8-5-7(11(13)14)6-9-10(8)17-4-3-16-9/h5-6,11H,3-4,15H2,1-2H3. The Morgan fingerprint density at radius 3 is 2.47 bits per heavy atom. The maximum atomic E-state index is 12.8. The number of ether oxygens (including phenoxy) is 2. The summed E-state index contributed by atoms with van der Waals surface area (Å²) in [6, 6.07) is 2.70. The predicted octanol–water partition coefficient (Wildman–Crippen LogP) is 2.59. The number of benzene rings is 1. The molecule has 2 rings (SSSR count). The van der Waals surface area contributed by atoms with Crippen LogP contribution >= 0.6 is 0 Å². The van der Waals surface area contributed by atoms with Gasteiger partial charge in [0.2, 0.25) is 0 Å². The molecule has 1 aliphatic heterocycles. The van der Waals surface area contributed by atoms with Crippen molar-refractivity contribution in [2.45, 2.75) is 25.8 Å². The van der Waals surface area contributed by atoms with Gasteiger partial charge in [0.05, 0.1) is 0 Å². The molecule has 0 saturated heterocycles. The minimum atomic E-state index is -2.55. The number of nitrogens with two attached hydrogens (primary N) is 1. The molecule has 0 aliphatic carbocycles. The van der Waals surface area contributed by atoms with Gasteiger partial charge in [0.15, 0.2) is 11.5 Å². The van der Waals surface area contributed by atoms with E-state index >= 15 is 0 Å². The molecule has 17 heavy (non-hydrogen) atoms. The van der Waals surface area contributed by atoms with Crippen LogP contribution in [0.3, 0.4) is 0 Å². The molecule has 5 heteroatoms. The van der Waals surface area contributed by atoms with Crippen LogP contribution in [0.25, 0.3) is 0 Å². The highest BCUT2D eigenvalue weighted by molar-refractivity contribution is 5.53. The zero-order chi connectivity index (χ0) is 12.6. The van der Waals surface area contributed by atoms with E-state index in [1.54, 1.807) is 13.8 Å². The van der Waals surface area contributed by atoms with Gasteiger partial charge in [-0.25, -0.2) is 8.78 Å². The zero-order valence-electron chi connectivity index (χ0n) is 9.80. The predicted molar refractivity (Wildman–Crippen MR) is 59.6 cm³/mol. The molecule has 2 N–H and O–H groups in total. The molecule has 94 valence electrons. The topological polar surface area (TPSA) is 44.5 Å². The largest absolute Gasteiger partial charge is 0.486 e. The number of fused-ring (bicyclic) bond motifs is 1. The summed E-state index contributed by atoms with van der Waals surface area (Å²) < 4.78 is 36.3. The molecule has 1 aromatic rings. The lowest BCUT2D eigenvalue weighted by atomic mass is 9.92. The van der Waals surface area contributed by atoms with Gasteiger partial charge in [0.1, 0.15) is 13.2 Å². The molecular weight excluding hydrogens is 228 g/mol. The van der Waals surface area contributed by atoms with Crippen molar-refractivity contribution >= 4 is 0 Å². The molecule has 0 fully saturated rings. The highest BCUT2D eigenvalue weighted by Crippen LogP contribution is 2.41. The highest BCUT2D eigenvalue weighted by Gasteiger charge is 2.27. The van der Waals surface area contributed by atoms with Crippen LogP contribution in [0.15, 0.2) is 12.1 Å². The average Bonchev–Trinajstić information content (AvgIpc) is 2.26. The SMILES string of the molecule is CC(C)(N)c1cc(C(F)F)cc2c1OCCO2. The van der Waals surface area contributed by atoms with Crippen LogP contribution in [0.5, 0.6) is 11.5 Å². The number of rotatable bonds is 2. The smallest absolute Gasteiger partial charge is 0.263 e. The summed E-state index contributed by atoms with van der Waals surface area (Å²) in [7, 11) is 0. The van der Waals surface area contributed by atoms with Gasteiger partial charge in [0, 0.05) is 16.7 Å². The number of alkyl halides is 2. The number of hydrogen-bond acceptors (Lipinski definition) is 3. The third-order valence-electron chi connectivity index (χ3n) is 2.61. The van der Waals surface area contributed by atoms with Gasteiger partial charge in [-0.05, 0) is 26.0 Å². The second kappa shape index (κ2) is 4.14. The molecule has 1 aromatic carbocycles. The van der Waals surface area contributed by atoms with E-state index in [1.165, 1.54) is 12.1 Å². The lowest BCUT2D eigenvalue weighted by Crippen LogP contribution is -2.31. The van der Waals surface area contributed by atoms with Crippen LogP contribution < -0.4 is 15.2 Å². The van der Waals surface area contributed by atoms with E-state index in [0.29, 0.717) is 30.3 Å². The van der Waals surface area contributed by atoms with Crippen molar-refractivity contribution in [2.75, 3.05) is 13.2 Å². The van der Waals surface area contributed by atoms with E-state index in [4.69, 9.17) is 15.2 Å². The lowest BCUT2D eigenvalue weighted by Gasteiger charge is -2.28. The third-order valence-corrected chi connectivity index (χ3v) is 2.61. The molecule has 0 aromatic heterocycles. The molecule has 0 atom stereocenters. The van der Waals surface area contributed by atoms with Crippen molar-refractivity contribution in [2.24, 2.45) is 5.73 Å². The van der Waals surface area contributed by atoms with Gasteiger partial charge in [-0.15, -0.1) is 0 Å². The quantitative estimate of drug-likeness (QED) is 0.868. The van der Waals surface area contributed by atoms with E-state index in [9.17, 15) is 8.78 Å². The molecule has 1 heterocycles. The maximum absolute atomic E-state index is 12.8. The summed E-state index contributed by atoms with van der Waals surface area (Å²) in [6.45, 7) is 4.26. The minimum absolute atomic E-state index is 0.0947. The summed E-state index contributed by atoms with van der Waals surface area (Å²) in [6.07, 6.45) is -2.55. The second-order valence-corrected chi connectivity index (χ2v) is 4.62. The van der Waals surface area contributed by atoms with Crippen LogP contribution in [-0.2, 0) is 5.54 Å². The Labute approximate surface area is 98.5 Å². The van der Waals surface area contributed by atoms with Crippen molar-refractivity contribution in [3.05, 3.63) is 23.3 Å². The fourth-order valence-corrected chi connectivity index (χ4v) is 1.78.